The summed E-state index contributed by atoms with van der Waals surface area (Å²) in [6, 6.07) is 0. The predicted octanol–water partition coefficient (Wildman–Crippen LogP) is 1.59. The third-order valence-electron chi connectivity index (χ3n) is 5.10. The van der Waals surface area contributed by atoms with Gasteiger partial charge < -0.3 is 20.1 Å². The van der Waals surface area contributed by atoms with E-state index in [1.807, 2.05) is 27.7 Å². The van der Waals surface area contributed by atoms with Crippen LogP contribution >= 0.6 is 0 Å². The van der Waals surface area contributed by atoms with Crippen molar-refractivity contribution in [2.24, 2.45) is 23.7 Å². The molecular formula is C16H30O4. The fraction of sp³-hybridized carbons (Fsp3) is 0.875. The zero-order valence-corrected chi connectivity index (χ0v) is 13.1. The molecule has 0 amide bonds. The molecule has 4 heteroatoms. The van der Waals surface area contributed by atoms with Crippen LogP contribution in [-0.4, -0.2) is 46.3 Å². The summed E-state index contributed by atoms with van der Waals surface area (Å²) in [5, 5.41) is 30.1. The van der Waals surface area contributed by atoms with Crippen molar-refractivity contribution in [1.29, 1.82) is 0 Å². The average Bonchev–Trinajstić information content (AvgIpc) is 2.45. The van der Waals surface area contributed by atoms with E-state index in [1.54, 1.807) is 6.08 Å². The molecule has 0 radical (unpaired) electrons. The van der Waals surface area contributed by atoms with Crippen molar-refractivity contribution >= 4 is 0 Å². The average molecular weight is 286 g/mol. The van der Waals surface area contributed by atoms with E-state index in [4.69, 9.17) is 4.74 Å². The second-order valence-corrected chi connectivity index (χ2v) is 6.45. The topological polar surface area (TPSA) is 69.9 Å². The van der Waals surface area contributed by atoms with E-state index in [-0.39, 0.29) is 30.3 Å². The highest BCUT2D eigenvalue weighted by molar-refractivity contribution is 5.03. The van der Waals surface area contributed by atoms with Crippen LogP contribution in [0.15, 0.2) is 12.7 Å². The molecule has 1 aliphatic rings. The van der Waals surface area contributed by atoms with Crippen LogP contribution in [0.25, 0.3) is 0 Å². The molecule has 1 rings (SSSR count). The standard InChI is InChI=1S/C16H30O4/c1-6-7-16(12(4)14(18)10(2)8-17)13(5)15(19)11(3)9-20-16/h6,10-15,17-19H,1,7-9H2,2-5H3/t10-,11-,12-,13-,14+,15+,16+/m1/s1. The molecule has 0 aromatic carbocycles. The van der Waals surface area contributed by atoms with Gasteiger partial charge in [0, 0.05) is 30.3 Å². The van der Waals surface area contributed by atoms with Gasteiger partial charge in [0.2, 0.25) is 0 Å². The van der Waals surface area contributed by atoms with E-state index in [1.165, 1.54) is 0 Å². The molecule has 0 spiro atoms. The van der Waals surface area contributed by atoms with Gasteiger partial charge in [-0.05, 0) is 6.42 Å². The first kappa shape index (κ1) is 17.6. The Morgan fingerprint density at radius 3 is 2.50 bits per heavy atom. The number of hydrogen-bond acceptors (Lipinski definition) is 4. The molecule has 20 heavy (non-hydrogen) atoms. The van der Waals surface area contributed by atoms with E-state index in [0.717, 1.165) is 0 Å². The first-order chi connectivity index (χ1) is 9.31. The fourth-order valence-corrected chi connectivity index (χ4v) is 3.39. The molecule has 1 heterocycles. The second-order valence-electron chi connectivity index (χ2n) is 6.45. The zero-order chi connectivity index (χ0) is 15.5. The molecule has 1 fully saturated rings. The number of ether oxygens (including phenoxy) is 1. The van der Waals surface area contributed by atoms with Crippen molar-refractivity contribution in [2.45, 2.75) is 51.9 Å². The summed E-state index contributed by atoms with van der Waals surface area (Å²) in [7, 11) is 0. The van der Waals surface area contributed by atoms with Crippen molar-refractivity contribution in [3.8, 4) is 0 Å². The van der Waals surface area contributed by atoms with E-state index < -0.39 is 17.8 Å². The Balaban J connectivity index is 3.05. The summed E-state index contributed by atoms with van der Waals surface area (Å²) < 4.78 is 6.11. The lowest BCUT2D eigenvalue weighted by Gasteiger charge is -2.52. The highest BCUT2D eigenvalue weighted by Crippen LogP contribution is 2.44. The van der Waals surface area contributed by atoms with Gasteiger partial charge >= 0.3 is 0 Å². The summed E-state index contributed by atoms with van der Waals surface area (Å²) in [5.74, 6) is -0.430. The van der Waals surface area contributed by atoms with Gasteiger partial charge in [0.05, 0.1) is 24.4 Å². The molecule has 0 aliphatic carbocycles. The van der Waals surface area contributed by atoms with Crippen LogP contribution in [0.1, 0.15) is 34.1 Å². The van der Waals surface area contributed by atoms with Crippen molar-refractivity contribution in [3.05, 3.63) is 12.7 Å². The molecule has 118 valence electrons. The highest BCUT2D eigenvalue weighted by atomic mass is 16.5. The van der Waals surface area contributed by atoms with E-state index in [0.29, 0.717) is 13.0 Å². The molecule has 0 unspecified atom stereocenters. The van der Waals surface area contributed by atoms with Crippen molar-refractivity contribution in [3.63, 3.8) is 0 Å². The van der Waals surface area contributed by atoms with Crippen molar-refractivity contribution in [1.82, 2.24) is 0 Å². The summed E-state index contributed by atoms with van der Waals surface area (Å²) in [5.41, 5.74) is -0.628. The molecule has 7 atom stereocenters. The van der Waals surface area contributed by atoms with Gasteiger partial charge in [-0.15, -0.1) is 6.58 Å². The molecule has 1 saturated heterocycles. The van der Waals surface area contributed by atoms with Crippen LogP contribution < -0.4 is 0 Å². The number of aliphatic hydroxyl groups excluding tert-OH is 3. The van der Waals surface area contributed by atoms with Crippen LogP contribution in [-0.2, 0) is 4.74 Å². The maximum absolute atomic E-state index is 10.4. The van der Waals surface area contributed by atoms with Crippen molar-refractivity contribution in [2.75, 3.05) is 13.2 Å². The van der Waals surface area contributed by atoms with Gasteiger partial charge in [-0.2, -0.15) is 0 Å². The SMILES string of the molecule is C=CC[C@@]1([C@H](C)[C@@H](O)[C@H](C)CO)OC[C@@H](C)[C@H](O)[C@H]1C. The van der Waals surface area contributed by atoms with Gasteiger partial charge in [-0.3, -0.25) is 0 Å². The van der Waals surface area contributed by atoms with Crippen molar-refractivity contribution < 1.29 is 20.1 Å². The molecule has 0 aromatic rings. The van der Waals surface area contributed by atoms with Gasteiger partial charge in [0.25, 0.3) is 0 Å². The number of rotatable bonds is 6. The third-order valence-corrected chi connectivity index (χ3v) is 5.10. The lowest BCUT2D eigenvalue weighted by molar-refractivity contribution is -0.221. The second kappa shape index (κ2) is 7.03. The quantitative estimate of drug-likeness (QED) is 0.649. The Labute approximate surface area is 122 Å². The van der Waals surface area contributed by atoms with Gasteiger partial charge in [-0.25, -0.2) is 0 Å². The Bertz CT molecular complexity index is 320. The molecule has 0 saturated carbocycles. The molecule has 0 aromatic heterocycles. The van der Waals surface area contributed by atoms with Crippen LogP contribution in [0.5, 0.6) is 0 Å². The Morgan fingerprint density at radius 1 is 1.40 bits per heavy atom. The minimum atomic E-state index is -0.678. The van der Waals surface area contributed by atoms with Crippen LogP contribution in [0.3, 0.4) is 0 Å². The lowest BCUT2D eigenvalue weighted by atomic mass is 9.66. The summed E-state index contributed by atoms with van der Waals surface area (Å²) in [6.45, 7) is 11.9. The molecule has 0 bridgehead atoms. The zero-order valence-electron chi connectivity index (χ0n) is 13.1. The minimum absolute atomic E-state index is 0.0665. The Morgan fingerprint density at radius 2 is 2.00 bits per heavy atom. The smallest absolute Gasteiger partial charge is 0.0816 e. The number of hydrogen-bond donors (Lipinski definition) is 3. The maximum Gasteiger partial charge on any atom is 0.0816 e. The maximum atomic E-state index is 10.4. The van der Waals surface area contributed by atoms with Gasteiger partial charge in [-0.1, -0.05) is 33.8 Å². The van der Waals surface area contributed by atoms with Crippen LogP contribution in [0.4, 0.5) is 0 Å². The van der Waals surface area contributed by atoms with E-state index >= 15 is 0 Å². The van der Waals surface area contributed by atoms with Gasteiger partial charge in [0.1, 0.15) is 0 Å². The molecule has 1 aliphatic heterocycles. The predicted molar refractivity (Wildman–Crippen MR) is 79.3 cm³/mol. The minimum Gasteiger partial charge on any atom is -0.396 e. The molecule has 4 nitrogen and oxygen atoms in total. The van der Waals surface area contributed by atoms with E-state index in [2.05, 4.69) is 6.58 Å². The summed E-state index contributed by atoms with van der Waals surface area (Å²) in [6.07, 6.45) is 1.23. The Kier molecular flexibility index (Phi) is 6.20. The fourth-order valence-electron chi connectivity index (χ4n) is 3.39. The summed E-state index contributed by atoms with van der Waals surface area (Å²) in [4.78, 5) is 0. The molecule has 3 N–H and O–H groups in total. The number of aliphatic hydroxyl groups is 3. The van der Waals surface area contributed by atoms with Gasteiger partial charge in [0.15, 0.2) is 0 Å². The van der Waals surface area contributed by atoms with E-state index in [9.17, 15) is 15.3 Å². The summed E-state index contributed by atoms with van der Waals surface area (Å²) >= 11 is 0. The first-order valence-corrected chi connectivity index (χ1v) is 7.53. The highest BCUT2D eigenvalue weighted by Gasteiger charge is 2.51. The monoisotopic (exact) mass is 286 g/mol. The third kappa shape index (κ3) is 3.08. The van der Waals surface area contributed by atoms with Crippen LogP contribution in [0.2, 0.25) is 0 Å². The van der Waals surface area contributed by atoms with Crippen LogP contribution in [0, 0.1) is 23.7 Å². The lowest BCUT2D eigenvalue weighted by Crippen LogP contribution is -2.59. The molecular weight excluding hydrogens is 256 g/mol. The first-order valence-electron chi connectivity index (χ1n) is 7.53. The largest absolute Gasteiger partial charge is 0.396 e. The normalized spacial score (nSPS) is 39.0. The Hall–Kier alpha value is -0.420.